The predicted octanol–water partition coefficient (Wildman–Crippen LogP) is 12.5. The lowest BCUT2D eigenvalue weighted by molar-refractivity contribution is 0.283. The molecule has 0 saturated heterocycles. The highest BCUT2D eigenvalue weighted by Crippen LogP contribution is 2.50. The maximum Gasteiger partial charge on any atom is 0.0637 e. The van der Waals surface area contributed by atoms with Gasteiger partial charge in [0, 0.05) is 42.5 Å². The molecule has 2 atom stereocenters. The molecule has 2 aliphatic rings. The summed E-state index contributed by atoms with van der Waals surface area (Å²) in [7, 11) is 0. The maximum atomic E-state index is 3.69. The number of benzene rings is 4. The van der Waals surface area contributed by atoms with E-state index in [1.54, 1.807) is 0 Å². The largest absolute Gasteiger partial charge is 0.333 e. The summed E-state index contributed by atoms with van der Waals surface area (Å²) in [6.45, 7) is 23.8. The van der Waals surface area contributed by atoms with E-state index in [2.05, 4.69) is 208 Å². The Bertz CT molecular complexity index is 2200. The van der Waals surface area contributed by atoms with Crippen LogP contribution in [0.3, 0.4) is 0 Å². The Morgan fingerprint density at radius 1 is 0.580 bits per heavy atom. The number of hydrogen-bond acceptors (Lipinski definition) is 1. The van der Waals surface area contributed by atoms with E-state index in [4.69, 9.17) is 0 Å². The quantitative estimate of drug-likeness (QED) is 0.166. The van der Waals surface area contributed by atoms with Crippen LogP contribution in [0.4, 0.5) is 11.4 Å². The first kappa shape index (κ1) is 35.3. The lowest BCUT2D eigenvalue weighted by atomic mass is 9.71. The zero-order valence-electron chi connectivity index (χ0n) is 31.5. The second kappa shape index (κ2) is 12.3. The van der Waals surface area contributed by atoms with Gasteiger partial charge in [0.1, 0.15) is 0 Å². The minimum Gasteiger partial charge on any atom is -0.333 e. The van der Waals surface area contributed by atoms with E-state index < -0.39 is 0 Å². The Hall–Kier alpha value is -3.08. The van der Waals surface area contributed by atoms with Gasteiger partial charge in [0.15, 0.2) is 0 Å². The summed E-state index contributed by atoms with van der Waals surface area (Å²) in [4.78, 5) is 2.59. The molecule has 1 aromatic heterocycles. The minimum atomic E-state index is 0.0449. The molecule has 1 aliphatic carbocycles. The molecule has 0 amide bonds. The Labute approximate surface area is 316 Å². The summed E-state index contributed by atoms with van der Waals surface area (Å²) in [5, 5.41) is 3.95. The summed E-state index contributed by atoms with van der Waals surface area (Å²) in [6, 6.07) is 32.4. The van der Waals surface area contributed by atoms with Gasteiger partial charge in [0.2, 0.25) is 0 Å². The fraction of sp³-hybridized carbons (Fsp3) is 0.391. The van der Waals surface area contributed by atoms with Gasteiger partial charge < -0.3 is 9.47 Å². The zero-order valence-corrected chi connectivity index (χ0v) is 34.6. The highest BCUT2D eigenvalue weighted by atomic mass is 79.9. The summed E-state index contributed by atoms with van der Waals surface area (Å²) in [5.41, 5.74) is 9.78. The van der Waals surface area contributed by atoms with Crippen LogP contribution in [0.15, 0.2) is 93.9 Å². The van der Waals surface area contributed by atoms with Gasteiger partial charge in [0.25, 0.3) is 0 Å². The van der Waals surface area contributed by atoms with Crippen molar-refractivity contribution in [2.45, 2.75) is 105 Å². The summed E-state index contributed by atoms with van der Waals surface area (Å²) in [5.74, 6) is 0.210. The van der Waals surface area contributed by atoms with Crippen LogP contribution in [0.2, 0.25) is 0 Å². The van der Waals surface area contributed by atoms with Crippen molar-refractivity contribution < 1.29 is 0 Å². The number of anilines is 2. The molecule has 0 saturated carbocycles. The Morgan fingerprint density at radius 2 is 1.10 bits per heavy atom. The molecule has 0 radical (unpaired) electrons. The average molecular weight is 793 g/mol. The summed E-state index contributed by atoms with van der Waals surface area (Å²) >= 11 is 7.38. The molecule has 0 bridgehead atoms. The molecule has 5 aromatic rings. The van der Waals surface area contributed by atoms with Gasteiger partial charge in [-0.2, -0.15) is 0 Å². The van der Waals surface area contributed by atoms with Crippen molar-refractivity contribution in [3.8, 4) is 5.69 Å². The van der Waals surface area contributed by atoms with Gasteiger partial charge in [0.05, 0.1) is 16.9 Å². The molecule has 2 heterocycles. The molecule has 260 valence electrons. The van der Waals surface area contributed by atoms with Crippen LogP contribution in [0.25, 0.3) is 28.7 Å². The molecule has 0 spiro atoms. The van der Waals surface area contributed by atoms with Crippen molar-refractivity contribution in [1.29, 1.82) is 0 Å². The molecule has 4 heteroatoms. The number of halogens is 2. The van der Waals surface area contributed by atoms with Crippen LogP contribution in [-0.2, 0) is 10.8 Å². The molecule has 4 aromatic carbocycles. The third-order valence-electron chi connectivity index (χ3n) is 10.7. The van der Waals surface area contributed by atoms with E-state index in [1.165, 1.54) is 55.2 Å². The third kappa shape index (κ3) is 6.56. The monoisotopic (exact) mass is 790 g/mol. The first-order chi connectivity index (χ1) is 23.3. The highest BCUT2D eigenvalue weighted by molar-refractivity contribution is 9.10. The van der Waals surface area contributed by atoms with E-state index in [0.29, 0.717) is 0 Å². The van der Waals surface area contributed by atoms with E-state index in [9.17, 15) is 0 Å². The fourth-order valence-electron chi connectivity index (χ4n) is 9.41. The summed E-state index contributed by atoms with van der Waals surface area (Å²) < 4.78 is 4.69. The predicted molar refractivity (Wildman–Crippen MR) is 223 cm³/mol. The van der Waals surface area contributed by atoms with Gasteiger partial charge in [-0.3, -0.25) is 0 Å². The molecule has 2 nitrogen and oxygen atoms in total. The number of rotatable bonds is 6. The first-order valence-electron chi connectivity index (χ1n) is 18.2. The fourth-order valence-corrected chi connectivity index (χ4v) is 9.94. The van der Waals surface area contributed by atoms with Crippen LogP contribution in [0.1, 0.15) is 105 Å². The number of aromatic nitrogens is 1. The molecule has 2 unspecified atom stereocenters. The molecule has 7 rings (SSSR count). The van der Waals surface area contributed by atoms with Gasteiger partial charge in [-0.05, 0) is 124 Å². The lowest BCUT2D eigenvalue weighted by Crippen LogP contribution is -2.39. The molecule has 1 aliphatic heterocycles. The number of nitrogens with zero attached hydrogens (tertiary/aromatic N) is 2. The topological polar surface area (TPSA) is 8.17 Å². The average Bonchev–Trinajstić information content (AvgIpc) is 3.50. The van der Waals surface area contributed by atoms with Gasteiger partial charge in [-0.15, -0.1) is 0 Å². The van der Waals surface area contributed by atoms with Crippen LogP contribution in [0, 0.1) is 10.8 Å². The van der Waals surface area contributed by atoms with E-state index >= 15 is 0 Å². The van der Waals surface area contributed by atoms with Crippen LogP contribution in [-0.4, -0.2) is 10.6 Å². The lowest BCUT2D eigenvalue weighted by Gasteiger charge is -2.33. The second-order valence-electron chi connectivity index (χ2n) is 18.6. The summed E-state index contributed by atoms with van der Waals surface area (Å²) in [6.07, 6.45) is 7.40. The normalized spacial score (nSPS) is 17.6. The standard InChI is InChI=1S/C46H52Br2N2/c1-43(2,3)27-45(7,8)29-11-21-39-35(23-29)37-25-42-38(26-41(37)49(39)33-17-13-31(47)14-18-33)36-24-30(46(9,10)28-44(4,5)6)12-22-40(36)50(42)34-19-15-32(48)16-20-34/h11-26,37,41H,27-28H2,1-10H3. The number of fused-ring (bicyclic) bond motifs is 6. The van der Waals surface area contributed by atoms with Gasteiger partial charge in [-0.25, -0.2) is 0 Å². The molecule has 0 N–H and O–H groups in total. The molecular weight excluding hydrogens is 740 g/mol. The van der Waals surface area contributed by atoms with Gasteiger partial charge in [-0.1, -0.05) is 125 Å². The second-order valence-corrected chi connectivity index (χ2v) is 20.4. The van der Waals surface area contributed by atoms with Crippen molar-refractivity contribution in [1.82, 2.24) is 4.57 Å². The van der Waals surface area contributed by atoms with Crippen molar-refractivity contribution in [3.05, 3.63) is 121 Å². The van der Waals surface area contributed by atoms with E-state index in [1.807, 2.05) is 0 Å². The zero-order chi connectivity index (χ0) is 36.0. The molecule has 50 heavy (non-hydrogen) atoms. The number of hydrogen-bond donors (Lipinski definition) is 0. The Balaban J connectivity index is 1.50. The smallest absolute Gasteiger partial charge is 0.0637 e. The van der Waals surface area contributed by atoms with Crippen molar-refractivity contribution >= 4 is 66.3 Å². The van der Waals surface area contributed by atoms with E-state index in [-0.39, 0.29) is 33.6 Å². The first-order valence-corrected chi connectivity index (χ1v) is 19.7. The van der Waals surface area contributed by atoms with Crippen molar-refractivity contribution in [2.24, 2.45) is 10.8 Å². The Morgan fingerprint density at radius 3 is 1.66 bits per heavy atom. The molecular formula is C46H52Br2N2. The van der Waals surface area contributed by atoms with Crippen LogP contribution >= 0.6 is 31.9 Å². The van der Waals surface area contributed by atoms with Gasteiger partial charge >= 0.3 is 0 Å². The third-order valence-corrected chi connectivity index (χ3v) is 11.8. The van der Waals surface area contributed by atoms with Crippen molar-refractivity contribution in [2.75, 3.05) is 4.90 Å². The Kier molecular flexibility index (Phi) is 8.67. The maximum absolute atomic E-state index is 3.69. The van der Waals surface area contributed by atoms with Crippen LogP contribution in [0.5, 0.6) is 0 Å². The van der Waals surface area contributed by atoms with Crippen LogP contribution < -0.4 is 15.5 Å². The minimum absolute atomic E-state index is 0.0449. The molecule has 0 fully saturated rings. The van der Waals surface area contributed by atoms with Crippen molar-refractivity contribution in [3.63, 3.8) is 0 Å². The van der Waals surface area contributed by atoms with E-state index in [0.717, 1.165) is 21.8 Å². The SMILES string of the molecule is CC(C)(C)CC(C)(C)c1ccc2c(c1)C1C=c3c(c4cc(C(C)(C)CC(C)(C)C)ccc4n3-c3ccc(Br)cc3)=CC1N2c1ccc(Br)cc1. The highest BCUT2D eigenvalue weighted by Gasteiger charge is 2.40.